The summed E-state index contributed by atoms with van der Waals surface area (Å²) in [4.78, 5) is 3.78. The molecule has 1 aromatic heterocycles. The number of nitrogens with zero attached hydrogens (tertiary/aromatic N) is 1. The van der Waals surface area contributed by atoms with Crippen LogP contribution in [0.25, 0.3) is 0 Å². The fraction of sp³-hybridized carbons (Fsp3) is 0.308. The minimum absolute atomic E-state index is 0.155. The van der Waals surface area contributed by atoms with E-state index in [9.17, 15) is 4.39 Å². The van der Waals surface area contributed by atoms with Crippen LogP contribution < -0.4 is 5.73 Å². The van der Waals surface area contributed by atoms with Gasteiger partial charge in [0, 0.05) is 24.9 Å². The lowest BCUT2D eigenvalue weighted by molar-refractivity contribution is 0.193. The van der Waals surface area contributed by atoms with Crippen LogP contribution in [0.1, 0.15) is 6.92 Å². The van der Waals surface area contributed by atoms with Crippen molar-refractivity contribution in [3.05, 3.63) is 54.9 Å². The first kappa shape index (κ1) is 12.6. The summed E-state index contributed by atoms with van der Waals surface area (Å²) in [7, 11) is 0. The van der Waals surface area contributed by atoms with Crippen molar-refractivity contribution in [2.45, 2.75) is 12.6 Å². The predicted molar refractivity (Wildman–Crippen MR) is 64.6 cm³/mol. The van der Waals surface area contributed by atoms with E-state index in [4.69, 9.17) is 5.73 Å². The average molecular weight is 220 g/mol. The third-order valence-corrected chi connectivity index (χ3v) is 2.42. The summed E-state index contributed by atoms with van der Waals surface area (Å²) in [5.74, 6) is -0.155. The Balaban J connectivity index is 0.000000181. The van der Waals surface area contributed by atoms with Crippen molar-refractivity contribution in [3.63, 3.8) is 0 Å². The Kier molecular flexibility index (Phi) is 4.86. The lowest BCUT2D eigenvalue weighted by atomic mass is 9.87. The second-order valence-corrected chi connectivity index (χ2v) is 3.76. The molecule has 3 heteroatoms. The maximum absolute atomic E-state index is 13.3. The van der Waals surface area contributed by atoms with Crippen molar-refractivity contribution in [2.24, 2.45) is 11.7 Å². The van der Waals surface area contributed by atoms with Crippen LogP contribution in [0.3, 0.4) is 0 Å². The third kappa shape index (κ3) is 3.95. The number of allylic oxidation sites excluding steroid dienone is 3. The number of hydrogen-bond acceptors (Lipinski definition) is 2. The van der Waals surface area contributed by atoms with E-state index in [1.54, 1.807) is 37.5 Å². The van der Waals surface area contributed by atoms with E-state index >= 15 is 0 Å². The van der Waals surface area contributed by atoms with Crippen LogP contribution in [0.2, 0.25) is 0 Å². The van der Waals surface area contributed by atoms with Gasteiger partial charge in [-0.15, -0.1) is 0 Å². The molecule has 1 aliphatic carbocycles. The molecule has 0 aliphatic heterocycles. The van der Waals surface area contributed by atoms with E-state index in [1.807, 2.05) is 24.3 Å². The van der Waals surface area contributed by atoms with E-state index in [2.05, 4.69) is 4.98 Å². The second kappa shape index (κ2) is 6.18. The number of hydrogen-bond donors (Lipinski definition) is 1. The van der Waals surface area contributed by atoms with Gasteiger partial charge in [0.25, 0.3) is 0 Å². The molecule has 0 amide bonds. The van der Waals surface area contributed by atoms with Gasteiger partial charge in [0.15, 0.2) is 0 Å². The smallest absolute Gasteiger partial charge is 0.134 e. The molecule has 1 aliphatic rings. The zero-order valence-electron chi connectivity index (χ0n) is 9.38. The second-order valence-electron chi connectivity index (χ2n) is 3.76. The van der Waals surface area contributed by atoms with E-state index in [0.29, 0.717) is 6.54 Å². The maximum Gasteiger partial charge on any atom is 0.134 e. The van der Waals surface area contributed by atoms with E-state index in [0.717, 1.165) is 0 Å². The highest BCUT2D eigenvalue weighted by Crippen LogP contribution is 2.26. The Morgan fingerprint density at radius 2 is 1.94 bits per heavy atom. The summed E-state index contributed by atoms with van der Waals surface area (Å²) < 4.78 is 13.3. The summed E-state index contributed by atoms with van der Waals surface area (Å²) in [6, 6.07) is 5.72. The number of alkyl halides is 1. The van der Waals surface area contributed by atoms with Crippen LogP contribution in [0, 0.1) is 5.92 Å². The fourth-order valence-electron chi connectivity index (χ4n) is 1.38. The number of nitrogens with two attached hydrogens (primary N) is 1. The van der Waals surface area contributed by atoms with Gasteiger partial charge in [-0.1, -0.05) is 24.3 Å². The molecule has 0 fully saturated rings. The van der Waals surface area contributed by atoms with Crippen molar-refractivity contribution in [1.29, 1.82) is 0 Å². The van der Waals surface area contributed by atoms with Gasteiger partial charge in [0.2, 0.25) is 0 Å². The number of rotatable bonds is 1. The molecule has 0 aromatic carbocycles. The van der Waals surface area contributed by atoms with Crippen LogP contribution in [0.5, 0.6) is 0 Å². The van der Waals surface area contributed by atoms with Gasteiger partial charge in [-0.2, -0.15) is 0 Å². The molecule has 16 heavy (non-hydrogen) atoms. The average Bonchev–Trinajstić information content (AvgIpc) is 2.32. The van der Waals surface area contributed by atoms with Crippen molar-refractivity contribution < 1.29 is 4.39 Å². The molecule has 0 saturated heterocycles. The standard InChI is InChI=1S/C8H12FN.C5H5N/c1-8(9)5-3-2-4-7(8)6-10;1-2-4-6-5-3-1/h2-5,7H,6,10H2,1H3;1-5H. The van der Waals surface area contributed by atoms with Crippen LogP contribution >= 0.6 is 0 Å². The quantitative estimate of drug-likeness (QED) is 0.789. The Bertz CT molecular complexity index is 318. The molecular weight excluding hydrogens is 203 g/mol. The molecule has 1 heterocycles. The monoisotopic (exact) mass is 220 g/mol. The van der Waals surface area contributed by atoms with Crippen LogP contribution in [-0.2, 0) is 0 Å². The molecule has 0 radical (unpaired) electrons. The molecule has 2 rings (SSSR count). The SMILES string of the molecule is CC1(F)C=CC=CC1CN.c1ccncc1. The molecule has 2 unspecified atom stereocenters. The van der Waals surface area contributed by atoms with Gasteiger partial charge in [0.05, 0.1) is 0 Å². The van der Waals surface area contributed by atoms with Gasteiger partial charge in [-0.05, 0) is 25.1 Å². The number of pyridine rings is 1. The van der Waals surface area contributed by atoms with Crippen molar-refractivity contribution in [3.8, 4) is 0 Å². The molecule has 2 nitrogen and oxygen atoms in total. The number of halogens is 1. The van der Waals surface area contributed by atoms with Gasteiger partial charge >= 0.3 is 0 Å². The molecule has 2 atom stereocenters. The lowest BCUT2D eigenvalue weighted by Crippen LogP contribution is -2.33. The van der Waals surface area contributed by atoms with Crippen LogP contribution in [0.4, 0.5) is 4.39 Å². The van der Waals surface area contributed by atoms with Gasteiger partial charge in [0.1, 0.15) is 5.67 Å². The third-order valence-electron chi connectivity index (χ3n) is 2.42. The summed E-state index contributed by atoms with van der Waals surface area (Å²) in [5, 5.41) is 0. The number of aromatic nitrogens is 1. The highest BCUT2D eigenvalue weighted by Gasteiger charge is 2.29. The molecule has 0 bridgehead atoms. The predicted octanol–water partition coefficient (Wildman–Crippen LogP) is 2.50. The fourth-order valence-corrected chi connectivity index (χ4v) is 1.38. The summed E-state index contributed by atoms with van der Waals surface area (Å²) in [5.41, 5.74) is 4.11. The highest BCUT2D eigenvalue weighted by molar-refractivity contribution is 5.20. The topological polar surface area (TPSA) is 38.9 Å². The Morgan fingerprint density at radius 1 is 1.25 bits per heavy atom. The first-order chi connectivity index (χ1) is 7.67. The molecule has 0 spiro atoms. The summed E-state index contributed by atoms with van der Waals surface area (Å²) in [6.07, 6.45) is 10.4. The Hall–Kier alpha value is -1.48. The van der Waals surface area contributed by atoms with E-state index < -0.39 is 5.67 Å². The normalized spacial score (nSPS) is 27.1. The van der Waals surface area contributed by atoms with Crippen molar-refractivity contribution in [2.75, 3.05) is 6.54 Å². The summed E-state index contributed by atoms with van der Waals surface area (Å²) in [6.45, 7) is 1.92. The largest absolute Gasteiger partial charge is 0.330 e. The first-order valence-electron chi connectivity index (χ1n) is 5.27. The Labute approximate surface area is 95.7 Å². The van der Waals surface area contributed by atoms with Crippen LogP contribution in [-0.4, -0.2) is 17.2 Å². The molecule has 0 saturated carbocycles. The minimum Gasteiger partial charge on any atom is -0.330 e. The van der Waals surface area contributed by atoms with E-state index in [-0.39, 0.29) is 5.92 Å². The highest BCUT2D eigenvalue weighted by atomic mass is 19.1. The molecule has 1 aromatic rings. The Morgan fingerprint density at radius 3 is 2.25 bits per heavy atom. The maximum atomic E-state index is 13.3. The van der Waals surface area contributed by atoms with Gasteiger partial charge < -0.3 is 5.73 Å². The lowest BCUT2D eigenvalue weighted by Gasteiger charge is -2.25. The molecule has 2 N–H and O–H groups in total. The van der Waals surface area contributed by atoms with Gasteiger partial charge in [-0.25, -0.2) is 4.39 Å². The van der Waals surface area contributed by atoms with Gasteiger partial charge in [-0.3, -0.25) is 4.98 Å². The van der Waals surface area contributed by atoms with E-state index in [1.165, 1.54) is 0 Å². The first-order valence-corrected chi connectivity index (χ1v) is 5.27. The zero-order chi connectivity index (χ0) is 11.9. The molecule has 86 valence electrons. The van der Waals surface area contributed by atoms with Crippen molar-refractivity contribution >= 4 is 0 Å². The van der Waals surface area contributed by atoms with Crippen LogP contribution in [0.15, 0.2) is 54.9 Å². The van der Waals surface area contributed by atoms with Crippen molar-refractivity contribution in [1.82, 2.24) is 4.98 Å². The zero-order valence-corrected chi connectivity index (χ0v) is 9.38. The molecular formula is C13H17FN2. The minimum atomic E-state index is -1.25. The summed E-state index contributed by atoms with van der Waals surface area (Å²) >= 11 is 0.